The normalized spacial score (nSPS) is 18.9. The molecule has 1 saturated carbocycles. The van der Waals surface area contributed by atoms with Crippen LogP contribution in [0.25, 0.3) is 10.9 Å². The molecule has 22 heavy (non-hydrogen) atoms. The van der Waals surface area contributed by atoms with Gasteiger partial charge in [0.25, 0.3) is 0 Å². The van der Waals surface area contributed by atoms with Gasteiger partial charge in [0.1, 0.15) is 11.5 Å². The number of halogens is 2. The van der Waals surface area contributed by atoms with Gasteiger partial charge in [-0.1, -0.05) is 0 Å². The Labute approximate surface area is 126 Å². The molecule has 1 N–H and O–H groups in total. The first-order valence-corrected chi connectivity index (χ1v) is 7.65. The van der Waals surface area contributed by atoms with Crippen LogP contribution in [-0.4, -0.2) is 30.7 Å². The van der Waals surface area contributed by atoms with Crippen LogP contribution in [0, 0.1) is 11.6 Å². The summed E-state index contributed by atoms with van der Waals surface area (Å²) in [6.45, 7) is 2.50. The van der Waals surface area contributed by atoms with E-state index in [-0.39, 0.29) is 28.1 Å². The lowest BCUT2D eigenvalue weighted by Gasteiger charge is -2.30. The monoisotopic (exact) mass is 305 g/mol. The quantitative estimate of drug-likeness (QED) is 0.922. The lowest BCUT2D eigenvalue weighted by molar-refractivity contribution is 0.539. The smallest absolute Gasteiger partial charge is 0.189 e. The van der Waals surface area contributed by atoms with Crippen molar-refractivity contribution in [3.05, 3.63) is 40.2 Å². The summed E-state index contributed by atoms with van der Waals surface area (Å²) in [6, 6.07) is 2.81. The second kappa shape index (κ2) is 5.05. The fourth-order valence-electron chi connectivity index (χ4n) is 3.19. The van der Waals surface area contributed by atoms with Crippen molar-refractivity contribution >= 4 is 16.6 Å². The van der Waals surface area contributed by atoms with E-state index in [4.69, 9.17) is 0 Å². The number of fused-ring (bicyclic) bond motifs is 1. The SMILES string of the molecule is O=c1ccn(C2CC2)c2c(F)c(N3CCNCC3)c(F)cc12. The third-order valence-electron chi connectivity index (χ3n) is 4.45. The van der Waals surface area contributed by atoms with E-state index in [1.54, 1.807) is 15.7 Å². The van der Waals surface area contributed by atoms with Crippen molar-refractivity contribution in [2.75, 3.05) is 31.1 Å². The molecule has 1 aromatic heterocycles. The van der Waals surface area contributed by atoms with Crippen LogP contribution in [0.3, 0.4) is 0 Å². The lowest BCUT2D eigenvalue weighted by atomic mass is 10.1. The summed E-state index contributed by atoms with van der Waals surface area (Å²) in [7, 11) is 0. The standard InChI is InChI=1S/C16H17F2N3O/c17-12-9-11-13(22)3-6-21(10-1-2-10)15(11)14(18)16(12)20-7-4-19-5-8-20/h3,6,9-10,19H,1-2,4-5,7-8H2. The summed E-state index contributed by atoms with van der Waals surface area (Å²) in [6.07, 6.45) is 3.57. The van der Waals surface area contributed by atoms with Crippen LogP contribution < -0.4 is 15.6 Å². The average Bonchev–Trinajstić information content (AvgIpc) is 3.34. The Hall–Kier alpha value is -1.95. The van der Waals surface area contributed by atoms with Crippen molar-refractivity contribution in [2.24, 2.45) is 0 Å². The van der Waals surface area contributed by atoms with Gasteiger partial charge in [0.2, 0.25) is 0 Å². The number of nitrogens with one attached hydrogen (secondary N) is 1. The number of hydrogen-bond acceptors (Lipinski definition) is 3. The van der Waals surface area contributed by atoms with E-state index in [0.717, 1.165) is 12.8 Å². The summed E-state index contributed by atoms with van der Waals surface area (Å²) in [4.78, 5) is 13.7. The zero-order valence-corrected chi connectivity index (χ0v) is 12.1. The van der Waals surface area contributed by atoms with Crippen molar-refractivity contribution in [1.29, 1.82) is 0 Å². The Balaban J connectivity index is 1.98. The molecule has 6 heteroatoms. The van der Waals surface area contributed by atoms with Crippen molar-refractivity contribution in [3.63, 3.8) is 0 Å². The Morgan fingerprint density at radius 1 is 1.18 bits per heavy atom. The maximum absolute atomic E-state index is 15.1. The molecular formula is C16H17F2N3O. The zero-order chi connectivity index (χ0) is 15.3. The summed E-state index contributed by atoms with van der Waals surface area (Å²) >= 11 is 0. The highest BCUT2D eigenvalue weighted by atomic mass is 19.1. The maximum atomic E-state index is 15.1. The molecule has 0 unspecified atom stereocenters. The molecule has 2 fully saturated rings. The van der Waals surface area contributed by atoms with Gasteiger partial charge in [0, 0.05) is 44.5 Å². The number of nitrogens with zero attached hydrogens (tertiary/aromatic N) is 2. The average molecular weight is 305 g/mol. The second-order valence-corrected chi connectivity index (χ2v) is 5.97. The Kier molecular flexibility index (Phi) is 3.14. The highest BCUT2D eigenvalue weighted by Crippen LogP contribution is 2.39. The topological polar surface area (TPSA) is 37.3 Å². The fraction of sp³-hybridized carbons (Fsp3) is 0.438. The number of anilines is 1. The predicted molar refractivity (Wildman–Crippen MR) is 81.5 cm³/mol. The van der Waals surface area contributed by atoms with Gasteiger partial charge in [-0.15, -0.1) is 0 Å². The first-order chi connectivity index (χ1) is 10.7. The van der Waals surface area contributed by atoms with Gasteiger partial charge in [-0.25, -0.2) is 8.78 Å². The van der Waals surface area contributed by atoms with Gasteiger partial charge in [0.15, 0.2) is 11.2 Å². The van der Waals surface area contributed by atoms with Gasteiger partial charge in [-0.2, -0.15) is 0 Å². The van der Waals surface area contributed by atoms with Crippen LogP contribution in [0.4, 0.5) is 14.5 Å². The number of hydrogen-bond donors (Lipinski definition) is 1. The molecule has 2 heterocycles. The lowest BCUT2D eigenvalue weighted by Crippen LogP contribution is -2.44. The van der Waals surface area contributed by atoms with Crippen molar-refractivity contribution in [1.82, 2.24) is 9.88 Å². The number of pyridine rings is 1. The van der Waals surface area contributed by atoms with Crippen molar-refractivity contribution in [3.8, 4) is 0 Å². The summed E-state index contributed by atoms with van der Waals surface area (Å²) in [5, 5.41) is 3.30. The molecule has 0 atom stereocenters. The minimum atomic E-state index is -0.655. The molecule has 2 aliphatic rings. The molecule has 1 aliphatic carbocycles. The Morgan fingerprint density at radius 3 is 2.59 bits per heavy atom. The number of benzene rings is 1. The predicted octanol–water partition coefficient (Wildman–Crippen LogP) is 2.02. The zero-order valence-electron chi connectivity index (χ0n) is 12.1. The first kappa shape index (κ1) is 13.7. The van der Waals surface area contributed by atoms with Crippen LogP contribution in [-0.2, 0) is 0 Å². The van der Waals surface area contributed by atoms with Crippen LogP contribution in [0.2, 0.25) is 0 Å². The van der Waals surface area contributed by atoms with Crippen molar-refractivity contribution in [2.45, 2.75) is 18.9 Å². The minimum absolute atomic E-state index is 0.00556. The Bertz CT molecular complexity index is 792. The number of aromatic nitrogens is 1. The van der Waals surface area contributed by atoms with E-state index < -0.39 is 11.6 Å². The second-order valence-electron chi connectivity index (χ2n) is 5.97. The van der Waals surface area contributed by atoms with Gasteiger partial charge in [0.05, 0.1) is 10.9 Å². The van der Waals surface area contributed by atoms with Gasteiger partial charge in [-0.3, -0.25) is 4.79 Å². The van der Waals surface area contributed by atoms with Gasteiger partial charge >= 0.3 is 0 Å². The molecule has 4 rings (SSSR count). The van der Waals surface area contributed by atoms with Crippen molar-refractivity contribution < 1.29 is 8.78 Å². The van der Waals surface area contributed by atoms with Crippen LogP contribution in [0.15, 0.2) is 23.1 Å². The molecule has 1 aliphatic heterocycles. The molecular weight excluding hydrogens is 288 g/mol. The highest BCUT2D eigenvalue weighted by Gasteiger charge is 2.28. The summed E-state index contributed by atoms with van der Waals surface area (Å²) in [5.41, 5.74) is -0.101. The van der Waals surface area contributed by atoms with E-state index in [2.05, 4.69) is 5.32 Å². The van der Waals surface area contributed by atoms with E-state index in [1.165, 1.54) is 12.1 Å². The van der Waals surface area contributed by atoms with Gasteiger partial charge < -0.3 is 14.8 Å². The first-order valence-electron chi connectivity index (χ1n) is 7.65. The molecule has 0 radical (unpaired) electrons. The summed E-state index contributed by atoms with van der Waals surface area (Å²) in [5.74, 6) is -1.26. The molecule has 4 nitrogen and oxygen atoms in total. The molecule has 116 valence electrons. The minimum Gasteiger partial charge on any atom is -0.364 e. The molecule has 0 amide bonds. The van der Waals surface area contributed by atoms with Crippen LogP contribution >= 0.6 is 0 Å². The molecule has 1 saturated heterocycles. The third-order valence-corrected chi connectivity index (χ3v) is 4.45. The fourth-order valence-corrected chi connectivity index (χ4v) is 3.19. The largest absolute Gasteiger partial charge is 0.364 e. The van der Waals surface area contributed by atoms with E-state index in [9.17, 15) is 9.18 Å². The van der Waals surface area contributed by atoms with Crippen LogP contribution in [0.5, 0.6) is 0 Å². The Morgan fingerprint density at radius 2 is 1.91 bits per heavy atom. The molecule has 1 aromatic carbocycles. The van der Waals surface area contributed by atoms with Gasteiger partial charge in [-0.05, 0) is 18.9 Å². The maximum Gasteiger partial charge on any atom is 0.189 e. The molecule has 2 aromatic rings. The van der Waals surface area contributed by atoms with E-state index in [1.807, 2.05) is 0 Å². The summed E-state index contributed by atoms with van der Waals surface area (Å²) < 4.78 is 31.3. The third kappa shape index (κ3) is 2.09. The van der Waals surface area contributed by atoms with E-state index >= 15 is 4.39 Å². The molecule has 0 spiro atoms. The van der Waals surface area contributed by atoms with E-state index in [0.29, 0.717) is 26.2 Å². The number of piperazine rings is 1. The van der Waals surface area contributed by atoms with Crippen LogP contribution in [0.1, 0.15) is 18.9 Å². The molecule has 0 bridgehead atoms. The number of rotatable bonds is 2. The highest BCUT2D eigenvalue weighted by molar-refractivity contribution is 5.84.